The molecule has 3 nitrogen and oxygen atoms in total. The standard InChI is InChI=1S/C13H18ClNO2/c1-16-8-9-17-12-6-7-15-13-10(12)4-2-3-5-11(13)14/h6-7,11H,2-5,8-9H2,1H3. The molecule has 0 amide bonds. The maximum absolute atomic E-state index is 6.34. The predicted octanol–water partition coefficient (Wildman–Crippen LogP) is 3.11. The Balaban J connectivity index is 2.19. The fraction of sp³-hybridized carbons (Fsp3) is 0.615. The van der Waals surface area contributed by atoms with Crippen molar-refractivity contribution in [2.24, 2.45) is 0 Å². The van der Waals surface area contributed by atoms with E-state index >= 15 is 0 Å². The van der Waals surface area contributed by atoms with Crippen molar-refractivity contribution in [3.05, 3.63) is 23.5 Å². The molecular weight excluding hydrogens is 238 g/mol. The summed E-state index contributed by atoms with van der Waals surface area (Å²) in [6.45, 7) is 1.17. The SMILES string of the molecule is COCCOc1ccnc2c1CCCCC2Cl. The molecule has 4 heteroatoms. The van der Waals surface area contributed by atoms with E-state index in [-0.39, 0.29) is 5.38 Å². The van der Waals surface area contributed by atoms with Crippen molar-refractivity contribution < 1.29 is 9.47 Å². The van der Waals surface area contributed by atoms with Crippen LogP contribution in [0.15, 0.2) is 12.3 Å². The van der Waals surface area contributed by atoms with E-state index in [4.69, 9.17) is 21.1 Å². The summed E-state index contributed by atoms with van der Waals surface area (Å²) in [7, 11) is 1.67. The monoisotopic (exact) mass is 255 g/mol. The van der Waals surface area contributed by atoms with Crippen LogP contribution in [-0.4, -0.2) is 25.3 Å². The van der Waals surface area contributed by atoms with Gasteiger partial charge in [0.2, 0.25) is 0 Å². The zero-order valence-corrected chi connectivity index (χ0v) is 10.9. The highest BCUT2D eigenvalue weighted by atomic mass is 35.5. The quantitative estimate of drug-likeness (QED) is 0.471. The molecule has 0 aromatic carbocycles. The minimum absolute atomic E-state index is 0.0264. The Morgan fingerprint density at radius 3 is 3.12 bits per heavy atom. The van der Waals surface area contributed by atoms with Gasteiger partial charge in [0.1, 0.15) is 12.4 Å². The van der Waals surface area contributed by atoms with Crippen LogP contribution in [0.4, 0.5) is 0 Å². The maximum atomic E-state index is 6.34. The van der Waals surface area contributed by atoms with Gasteiger partial charge in [-0.25, -0.2) is 0 Å². The lowest BCUT2D eigenvalue weighted by molar-refractivity contribution is 0.145. The smallest absolute Gasteiger partial charge is 0.126 e. The lowest BCUT2D eigenvalue weighted by Crippen LogP contribution is -2.08. The lowest BCUT2D eigenvalue weighted by atomic mass is 10.1. The number of rotatable bonds is 4. The third kappa shape index (κ3) is 3.11. The second-order valence-corrected chi connectivity index (χ2v) is 4.75. The summed E-state index contributed by atoms with van der Waals surface area (Å²) in [5, 5.41) is 0.0264. The molecule has 2 rings (SSSR count). The van der Waals surface area contributed by atoms with E-state index in [2.05, 4.69) is 4.98 Å². The summed E-state index contributed by atoms with van der Waals surface area (Å²) in [4.78, 5) is 4.41. The first kappa shape index (κ1) is 12.7. The van der Waals surface area contributed by atoms with Crippen LogP contribution in [0.5, 0.6) is 5.75 Å². The number of hydrogen-bond acceptors (Lipinski definition) is 3. The number of ether oxygens (including phenoxy) is 2. The number of halogens is 1. The molecule has 0 saturated carbocycles. The topological polar surface area (TPSA) is 31.4 Å². The second-order valence-electron chi connectivity index (χ2n) is 4.23. The lowest BCUT2D eigenvalue weighted by Gasteiger charge is -2.14. The van der Waals surface area contributed by atoms with E-state index < -0.39 is 0 Å². The molecule has 1 aromatic heterocycles. The normalized spacial score (nSPS) is 19.5. The minimum Gasteiger partial charge on any atom is -0.491 e. The number of fused-ring (bicyclic) bond motifs is 1. The van der Waals surface area contributed by atoms with Crippen LogP contribution in [0.3, 0.4) is 0 Å². The van der Waals surface area contributed by atoms with Gasteiger partial charge in [0.05, 0.1) is 17.7 Å². The van der Waals surface area contributed by atoms with E-state index in [1.807, 2.05) is 6.07 Å². The summed E-state index contributed by atoms with van der Waals surface area (Å²) in [6, 6.07) is 1.92. The number of aromatic nitrogens is 1. The average molecular weight is 256 g/mol. The van der Waals surface area contributed by atoms with Crippen molar-refractivity contribution in [2.75, 3.05) is 20.3 Å². The molecule has 1 heterocycles. The van der Waals surface area contributed by atoms with Crippen LogP contribution in [0.1, 0.15) is 35.9 Å². The van der Waals surface area contributed by atoms with Crippen molar-refractivity contribution in [2.45, 2.75) is 31.1 Å². The summed E-state index contributed by atoms with van der Waals surface area (Å²) in [5.41, 5.74) is 2.18. The number of methoxy groups -OCH3 is 1. The summed E-state index contributed by atoms with van der Waals surface area (Å²) in [5.74, 6) is 0.916. The molecule has 0 aliphatic heterocycles. The minimum atomic E-state index is 0.0264. The van der Waals surface area contributed by atoms with E-state index in [1.54, 1.807) is 13.3 Å². The Labute approximate surface area is 107 Å². The van der Waals surface area contributed by atoms with Gasteiger partial charge >= 0.3 is 0 Å². The largest absolute Gasteiger partial charge is 0.491 e. The van der Waals surface area contributed by atoms with Crippen molar-refractivity contribution in [3.8, 4) is 5.75 Å². The van der Waals surface area contributed by atoms with Crippen LogP contribution in [-0.2, 0) is 11.2 Å². The summed E-state index contributed by atoms with van der Waals surface area (Å²) >= 11 is 6.34. The van der Waals surface area contributed by atoms with Gasteiger partial charge < -0.3 is 9.47 Å². The molecule has 0 bridgehead atoms. The van der Waals surface area contributed by atoms with E-state index in [1.165, 1.54) is 5.56 Å². The van der Waals surface area contributed by atoms with Gasteiger partial charge in [-0.1, -0.05) is 6.42 Å². The van der Waals surface area contributed by atoms with Gasteiger partial charge in [0.25, 0.3) is 0 Å². The average Bonchev–Trinajstić information content (AvgIpc) is 2.53. The van der Waals surface area contributed by atoms with E-state index in [0.29, 0.717) is 13.2 Å². The second kappa shape index (κ2) is 6.22. The molecule has 1 aliphatic carbocycles. The van der Waals surface area contributed by atoms with Gasteiger partial charge in [0, 0.05) is 18.9 Å². The Morgan fingerprint density at radius 2 is 2.29 bits per heavy atom. The van der Waals surface area contributed by atoms with Crippen LogP contribution >= 0.6 is 11.6 Å². The fourth-order valence-corrected chi connectivity index (χ4v) is 2.49. The summed E-state index contributed by atoms with van der Waals surface area (Å²) < 4.78 is 10.7. The van der Waals surface area contributed by atoms with Crippen LogP contribution < -0.4 is 4.74 Å². The van der Waals surface area contributed by atoms with Crippen molar-refractivity contribution in [1.82, 2.24) is 4.98 Å². The van der Waals surface area contributed by atoms with Crippen LogP contribution in [0.25, 0.3) is 0 Å². The van der Waals surface area contributed by atoms with Crippen molar-refractivity contribution in [3.63, 3.8) is 0 Å². The number of hydrogen-bond donors (Lipinski definition) is 0. The van der Waals surface area contributed by atoms with E-state index in [9.17, 15) is 0 Å². The highest BCUT2D eigenvalue weighted by Gasteiger charge is 2.20. The molecular formula is C13H18ClNO2. The van der Waals surface area contributed by atoms with Gasteiger partial charge in [-0.05, 0) is 25.3 Å². The molecule has 1 aliphatic rings. The van der Waals surface area contributed by atoms with Crippen LogP contribution in [0, 0.1) is 0 Å². The molecule has 94 valence electrons. The Kier molecular flexibility index (Phi) is 4.63. The Bertz CT molecular complexity index is 370. The molecule has 17 heavy (non-hydrogen) atoms. The first-order valence-electron chi connectivity index (χ1n) is 6.06. The third-order valence-electron chi connectivity index (χ3n) is 3.02. The Morgan fingerprint density at radius 1 is 1.41 bits per heavy atom. The van der Waals surface area contributed by atoms with Gasteiger partial charge in [-0.3, -0.25) is 4.98 Å². The fourth-order valence-electron chi connectivity index (χ4n) is 2.14. The predicted molar refractivity (Wildman–Crippen MR) is 67.8 cm³/mol. The third-order valence-corrected chi connectivity index (χ3v) is 3.45. The molecule has 0 saturated heterocycles. The van der Waals surface area contributed by atoms with Crippen molar-refractivity contribution >= 4 is 11.6 Å². The molecule has 0 radical (unpaired) electrons. The zero-order chi connectivity index (χ0) is 12.1. The highest BCUT2D eigenvalue weighted by Crippen LogP contribution is 2.35. The van der Waals surface area contributed by atoms with E-state index in [0.717, 1.165) is 37.1 Å². The highest BCUT2D eigenvalue weighted by molar-refractivity contribution is 6.20. The molecule has 1 unspecified atom stereocenters. The zero-order valence-electron chi connectivity index (χ0n) is 10.1. The van der Waals surface area contributed by atoms with Gasteiger partial charge in [-0.2, -0.15) is 0 Å². The molecule has 0 spiro atoms. The molecule has 0 N–H and O–H groups in total. The number of alkyl halides is 1. The summed E-state index contributed by atoms with van der Waals surface area (Å²) in [6.07, 6.45) is 6.10. The molecule has 1 atom stereocenters. The first-order valence-corrected chi connectivity index (χ1v) is 6.50. The molecule has 1 aromatic rings. The van der Waals surface area contributed by atoms with Gasteiger partial charge in [0.15, 0.2) is 0 Å². The maximum Gasteiger partial charge on any atom is 0.126 e. The van der Waals surface area contributed by atoms with Gasteiger partial charge in [-0.15, -0.1) is 11.6 Å². The first-order chi connectivity index (χ1) is 8.33. The van der Waals surface area contributed by atoms with Crippen molar-refractivity contribution in [1.29, 1.82) is 0 Å². The molecule has 0 fully saturated rings. The van der Waals surface area contributed by atoms with Crippen LogP contribution in [0.2, 0.25) is 0 Å². The Hall–Kier alpha value is -0.800. The number of nitrogens with zero attached hydrogens (tertiary/aromatic N) is 1. The number of pyridine rings is 1.